The first-order chi connectivity index (χ1) is 29.0. The summed E-state index contributed by atoms with van der Waals surface area (Å²) in [5, 5.41) is 0. The highest BCUT2D eigenvalue weighted by Crippen LogP contribution is 2.43. The predicted octanol–water partition coefficient (Wildman–Crippen LogP) is 13.8. The van der Waals surface area contributed by atoms with Crippen molar-refractivity contribution in [3.8, 4) is 0 Å². The van der Waals surface area contributed by atoms with Gasteiger partial charge in [0.2, 0.25) is 0 Å². The second kappa shape index (κ2) is 41.8. The monoisotopic (exact) mass is 863 g/mol. The van der Waals surface area contributed by atoms with Gasteiger partial charge >= 0.3 is 19.8 Å². The Kier molecular flexibility index (Phi) is 40.0. The summed E-state index contributed by atoms with van der Waals surface area (Å²) in [6.07, 6.45) is 52.4. The molecule has 60 heavy (non-hydrogen) atoms. The number of rotatable bonds is 42. The van der Waals surface area contributed by atoms with Gasteiger partial charge in [-0.25, -0.2) is 4.57 Å². The van der Waals surface area contributed by atoms with Gasteiger partial charge in [-0.3, -0.25) is 18.6 Å². The smallest absolute Gasteiger partial charge is 0.462 e. The number of hydrogen-bond acceptors (Lipinski definition) is 7. The third-order valence-electron chi connectivity index (χ3n) is 9.71. The third-order valence-corrected chi connectivity index (χ3v) is 10.7. The fourth-order valence-electron chi connectivity index (χ4n) is 5.98. The number of likely N-dealkylation sites (N-methyl/N-ethyl adjacent to an activating group) is 1. The fourth-order valence-corrected chi connectivity index (χ4v) is 6.72. The number of ether oxygens (including phenoxy) is 2. The Bertz CT molecular complexity index is 1250. The molecule has 0 saturated heterocycles. The van der Waals surface area contributed by atoms with Gasteiger partial charge in [0.05, 0.1) is 27.7 Å². The summed E-state index contributed by atoms with van der Waals surface area (Å²) in [6.45, 7) is 4.30. The first-order valence-electron chi connectivity index (χ1n) is 23.7. The molecular weight excluding hydrogens is 774 g/mol. The average molecular weight is 863 g/mol. The molecule has 0 aliphatic carbocycles. The van der Waals surface area contributed by atoms with E-state index in [0.717, 1.165) is 57.8 Å². The Morgan fingerprint density at radius 2 is 0.917 bits per heavy atom. The maximum absolute atomic E-state index is 12.7. The van der Waals surface area contributed by atoms with Crippen molar-refractivity contribution in [1.29, 1.82) is 0 Å². The second-order valence-corrected chi connectivity index (χ2v) is 18.2. The Balaban J connectivity index is 4.41. The minimum Gasteiger partial charge on any atom is -0.462 e. The molecule has 0 aromatic heterocycles. The van der Waals surface area contributed by atoms with Crippen LogP contribution in [0, 0.1) is 0 Å². The van der Waals surface area contributed by atoms with E-state index < -0.39 is 32.5 Å². The highest BCUT2D eigenvalue weighted by molar-refractivity contribution is 7.47. The van der Waals surface area contributed by atoms with Crippen LogP contribution in [-0.4, -0.2) is 74.9 Å². The van der Waals surface area contributed by atoms with Gasteiger partial charge in [0.15, 0.2) is 6.10 Å². The van der Waals surface area contributed by atoms with Crippen molar-refractivity contribution in [2.24, 2.45) is 0 Å². The molecule has 0 bridgehead atoms. The van der Waals surface area contributed by atoms with Gasteiger partial charge in [-0.2, -0.15) is 0 Å². The molecule has 10 heteroatoms. The van der Waals surface area contributed by atoms with Crippen LogP contribution in [0.25, 0.3) is 0 Å². The number of hydrogen-bond donors (Lipinski definition) is 1. The molecule has 0 spiro atoms. The number of carbonyl (C=O) groups is 2. The van der Waals surface area contributed by atoms with E-state index in [9.17, 15) is 19.0 Å². The van der Waals surface area contributed by atoms with Crippen LogP contribution in [0.5, 0.6) is 0 Å². The van der Waals surface area contributed by atoms with Gasteiger partial charge in [0, 0.05) is 12.8 Å². The van der Waals surface area contributed by atoms with Crippen molar-refractivity contribution in [3.63, 3.8) is 0 Å². The largest absolute Gasteiger partial charge is 0.472 e. The molecule has 9 nitrogen and oxygen atoms in total. The molecule has 0 aliphatic rings. The zero-order valence-electron chi connectivity index (χ0n) is 38.9. The van der Waals surface area contributed by atoms with E-state index in [1.165, 1.54) is 83.5 Å². The van der Waals surface area contributed by atoms with E-state index in [-0.39, 0.29) is 26.1 Å². The predicted molar refractivity (Wildman–Crippen MR) is 252 cm³/mol. The van der Waals surface area contributed by atoms with Gasteiger partial charge in [0.25, 0.3) is 0 Å². The highest BCUT2D eigenvalue weighted by atomic mass is 31.2. The molecular formula is C50H89NO8P+. The summed E-state index contributed by atoms with van der Waals surface area (Å²) in [4.78, 5) is 35.4. The quantitative estimate of drug-likeness (QED) is 0.0212. The number of phosphoric acid groups is 1. The first kappa shape index (κ1) is 57.4. The summed E-state index contributed by atoms with van der Waals surface area (Å²) < 4.78 is 34.3. The SMILES string of the molecule is CCCCC/C=C\C/C=C\C/C=C\C/C=C\CCCC(=O)OC[C@H](COP(=O)(O)OCC[N+](C)(C)C)OC(=O)CCCCCCCCCCC/C=C\C/C=C\CCCCC. The Morgan fingerprint density at radius 1 is 0.517 bits per heavy atom. The van der Waals surface area contributed by atoms with Crippen LogP contribution < -0.4 is 0 Å². The van der Waals surface area contributed by atoms with Gasteiger partial charge in [-0.1, -0.05) is 157 Å². The van der Waals surface area contributed by atoms with Gasteiger partial charge in [-0.15, -0.1) is 0 Å². The molecule has 0 radical (unpaired) electrons. The zero-order valence-corrected chi connectivity index (χ0v) is 39.8. The van der Waals surface area contributed by atoms with Crippen LogP contribution in [0.4, 0.5) is 0 Å². The lowest BCUT2D eigenvalue weighted by Gasteiger charge is -2.24. The third kappa shape index (κ3) is 45.0. The van der Waals surface area contributed by atoms with Crippen molar-refractivity contribution >= 4 is 19.8 Å². The van der Waals surface area contributed by atoms with E-state index in [4.69, 9.17) is 18.5 Å². The number of carbonyl (C=O) groups excluding carboxylic acids is 2. The molecule has 346 valence electrons. The fraction of sp³-hybridized carbons (Fsp3) is 0.720. The lowest BCUT2D eigenvalue weighted by atomic mass is 10.1. The van der Waals surface area contributed by atoms with Gasteiger partial charge < -0.3 is 18.9 Å². The highest BCUT2D eigenvalue weighted by Gasteiger charge is 2.27. The summed E-state index contributed by atoms with van der Waals surface area (Å²) in [5.41, 5.74) is 0. The van der Waals surface area contributed by atoms with Crippen molar-refractivity contribution in [1.82, 2.24) is 0 Å². The van der Waals surface area contributed by atoms with E-state index in [1.54, 1.807) is 0 Å². The summed E-state index contributed by atoms with van der Waals surface area (Å²) >= 11 is 0. The topological polar surface area (TPSA) is 108 Å². The van der Waals surface area contributed by atoms with Crippen LogP contribution in [0.2, 0.25) is 0 Å². The van der Waals surface area contributed by atoms with Gasteiger partial charge in [0.1, 0.15) is 19.8 Å². The van der Waals surface area contributed by atoms with Crippen molar-refractivity contribution < 1.29 is 42.1 Å². The van der Waals surface area contributed by atoms with E-state index in [1.807, 2.05) is 21.1 Å². The summed E-state index contributed by atoms with van der Waals surface area (Å²) in [6, 6.07) is 0. The minimum absolute atomic E-state index is 0.0192. The summed E-state index contributed by atoms with van der Waals surface area (Å²) in [5.74, 6) is -0.873. The molecule has 0 heterocycles. The molecule has 0 aromatic carbocycles. The lowest BCUT2D eigenvalue weighted by Crippen LogP contribution is -2.37. The number of esters is 2. The van der Waals surface area contributed by atoms with Crippen molar-refractivity contribution in [2.75, 3.05) is 47.5 Å². The zero-order chi connectivity index (χ0) is 44.3. The standard InChI is InChI=1S/C50H88NO8P/c1-6-8-10-12-14-16-18-20-22-24-25-27-29-31-33-35-37-39-41-43-50(53)59-48(47-58-60(54,55)57-45-44-51(3,4)5)46-56-49(52)42-40-38-36-34-32-30-28-26-23-21-19-17-15-13-11-9-7-2/h14-17,20-23,28,30,34,36,48H,6-13,18-19,24-27,29,31-33,35,37-47H2,1-5H3/p+1/b16-14-,17-15-,22-20-,23-21-,30-28-,36-34-/t48-/m1/s1. The number of nitrogens with zero attached hydrogens (tertiary/aromatic N) is 1. The number of quaternary nitrogens is 1. The normalized spacial score (nSPS) is 14.2. The Labute approximate surface area is 368 Å². The van der Waals surface area contributed by atoms with Crippen LogP contribution in [0.1, 0.15) is 181 Å². The molecule has 0 amide bonds. The lowest BCUT2D eigenvalue weighted by molar-refractivity contribution is -0.870. The molecule has 0 aliphatic heterocycles. The minimum atomic E-state index is -4.39. The maximum Gasteiger partial charge on any atom is 0.472 e. The Morgan fingerprint density at radius 3 is 1.38 bits per heavy atom. The molecule has 2 atom stereocenters. The molecule has 0 aromatic rings. The number of allylic oxidation sites excluding steroid dienone is 12. The van der Waals surface area contributed by atoms with Crippen LogP contribution >= 0.6 is 7.82 Å². The number of unbranched alkanes of at least 4 members (excludes halogenated alkanes) is 16. The molecule has 0 rings (SSSR count). The van der Waals surface area contributed by atoms with Crippen molar-refractivity contribution in [2.45, 2.75) is 187 Å². The molecule has 0 fully saturated rings. The average Bonchev–Trinajstić information content (AvgIpc) is 3.20. The maximum atomic E-state index is 12.7. The van der Waals surface area contributed by atoms with Crippen molar-refractivity contribution in [3.05, 3.63) is 72.9 Å². The molecule has 0 saturated carbocycles. The van der Waals surface area contributed by atoms with Gasteiger partial charge in [-0.05, 0) is 83.5 Å². The van der Waals surface area contributed by atoms with E-state index in [0.29, 0.717) is 23.9 Å². The molecule has 1 N–H and O–H groups in total. The van der Waals surface area contributed by atoms with Crippen LogP contribution in [-0.2, 0) is 32.7 Å². The molecule has 1 unspecified atom stereocenters. The summed E-state index contributed by atoms with van der Waals surface area (Å²) in [7, 11) is 1.44. The Hall–Kier alpha value is -2.55. The first-order valence-corrected chi connectivity index (χ1v) is 25.2. The van der Waals surface area contributed by atoms with E-state index in [2.05, 4.69) is 86.8 Å². The van der Waals surface area contributed by atoms with Crippen LogP contribution in [0.15, 0.2) is 72.9 Å². The second-order valence-electron chi connectivity index (χ2n) is 16.8. The number of phosphoric ester groups is 1. The van der Waals surface area contributed by atoms with Crippen LogP contribution in [0.3, 0.4) is 0 Å². The van der Waals surface area contributed by atoms with E-state index >= 15 is 0 Å².